The molecule has 0 aliphatic carbocycles. The molecule has 0 aromatic heterocycles. The molecule has 108 valence electrons. The zero-order valence-electron chi connectivity index (χ0n) is 17.7. The zero-order valence-corrected chi connectivity index (χ0v) is 10.7. The highest BCUT2D eigenvalue weighted by Gasteiger charge is 2.22. The standard InChI is InChI=1S/C15H13NO5/c1-9-3-5-10(6-4-9)14(17)11-7-12(16(19)20)15(18)13(8-11)21-2/h3-8,18H,1-2H3/i1D3,3D,4D,5D,6D. The van der Waals surface area contributed by atoms with Crippen LogP contribution in [0.15, 0.2) is 36.3 Å². The van der Waals surface area contributed by atoms with Gasteiger partial charge in [-0.25, -0.2) is 0 Å². The van der Waals surface area contributed by atoms with E-state index in [1.165, 1.54) is 0 Å². The number of nitrogens with zero attached hydrogens (tertiary/aromatic N) is 1. The minimum atomic E-state index is -2.94. The topological polar surface area (TPSA) is 89.7 Å². The molecule has 0 heterocycles. The summed E-state index contributed by atoms with van der Waals surface area (Å²) in [5.74, 6) is -2.37. The van der Waals surface area contributed by atoms with Gasteiger partial charge >= 0.3 is 5.69 Å². The third-order valence-corrected chi connectivity index (χ3v) is 2.59. The number of hydrogen-bond acceptors (Lipinski definition) is 5. The first-order valence-corrected chi connectivity index (χ1v) is 5.53. The smallest absolute Gasteiger partial charge is 0.315 e. The molecule has 0 amide bonds. The molecule has 0 aliphatic rings. The minimum Gasteiger partial charge on any atom is -0.500 e. The van der Waals surface area contributed by atoms with Crippen molar-refractivity contribution in [3.8, 4) is 11.5 Å². The van der Waals surface area contributed by atoms with Crippen molar-refractivity contribution in [2.45, 2.75) is 6.85 Å². The Morgan fingerprint density at radius 2 is 2.00 bits per heavy atom. The number of hydrogen-bond donors (Lipinski definition) is 1. The van der Waals surface area contributed by atoms with Gasteiger partial charge in [0.1, 0.15) is 0 Å². The zero-order chi connectivity index (χ0) is 21.5. The van der Waals surface area contributed by atoms with Crippen LogP contribution >= 0.6 is 0 Å². The summed E-state index contributed by atoms with van der Waals surface area (Å²) in [6.07, 6.45) is 0. The number of carbonyl (C=O) groups is 1. The number of phenolic OH excluding ortho intramolecular Hbond substituents is 1. The van der Waals surface area contributed by atoms with Gasteiger partial charge in [-0.1, -0.05) is 29.7 Å². The third kappa shape index (κ3) is 2.84. The average molecular weight is 294 g/mol. The van der Waals surface area contributed by atoms with Gasteiger partial charge in [0, 0.05) is 21.3 Å². The van der Waals surface area contributed by atoms with Crippen molar-refractivity contribution in [3.63, 3.8) is 0 Å². The Kier molecular flexibility index (Phi) is 2.08. The maximum atomic E-state index is 12.8. The first-order chi connectivity index (χ1) is 12.8. The predicted octanol–water partition coefficient (Wildman–Crippen LogP) is 2.85. The lowest BCUT2D eigenvalue weighted by Gasteiger charge is -2.07. The van der Waals surface area contributed by atoms with Gasteiger partial charge in [-0.3, -0.25) is 14.9 Å². The van der Waals surface area contributed by atoms with Crippen LogP contribution in [-0.2, 0) is 0 Å². The van der Waals surface area contributed by atoms with Gasteiger partial charge in [-0.2, -0.15) is 0 Å². The Labute approximate surface area is 130 Å². The molecule has 2 aromatic carbocycles. The largest absolute Gasteiger partial charge is 0.500 e. The minimum absolute atomic E-state index is 0.410. The highest BCUT2D eigenvalue weighted by Crippen LogP contribution is 2.37. The summed E-state index contributed by atoms with van der Waals surface area (Å²) in [5, 5.41) is 20.9. The Morgan fingerprint density at radius 1 is 1.33 bits per heavy atom. The predicted molar refractivity (Wildman–Crippen MR) is 75.9 cm³/mol. The van der Waals surface area contributed by atoms with E-state index in [2.05, 4.69) is 0 Å². The van der Waals surface area contributed by atoms with Crippen molar-refractivity contribution in [1.29, 1.82) is 0 Å². The first kappa shape index (κ1) is 7.78. The van der Waals surface area contributed by atoms with Crippen LogP contribution in [-0.4, -0.2) is 22.9 Å². The van der Waals surface area contributed by atoms with Gasteiger partial charge in [-0.05, 0) is 12.9 Å². The number of rotatable bonds is 4. The number of methoxy groups -OCH3 is 1. The molecule has 0 radical (unpaired) electrons. The monoisotopic (exact) mass is 294 g/mol. The molecule has 0 bridgehead atoms. The van der Waals surface area contributed by atoms with Crippen LogP contribution in [0.4, 0.5) is 5.69 Å². The van der Waals surface area contributed by atoms with Gasteiger partial charge in [-0.15, -0.1) is 0 Å². The number of nitro benzene ring substituents is 1. The summed E-state index contributed by atoms with van der Waals surface area (Å²) in [6.45, 7) is -2.94. The first-order valence-electron chi connectivity index (χ1n) is 9.03. The van der Waals surface area contributed by atoms with Gasteiger partial charge in [0.2, 0.25) is 5.75 Å². The Bertz CT molecular complexity index is 974. The number of nitro groups is 1. The molecule has 0 spiro atoms. The second-order valence-electron chi connectivity index (χ2n) is 3.88. The molecule has 0 fully saturated rings. The molecule has 0 unspecified atom stereocenters. The fourth-order valence-corrected chi connectivity index (χ4v) is 1.59. The number of ketones is 1. The van der Waals surface area contributed by atoms with Gasteiger partial charge in [0.15, 0.2) is 11.5 Å². The molecule has 2 rings (SSSR count). The van der Waals surface area contributed by atoms with Crippen LogP contribution < -0.4 is 4.74 Å². The fourth-order valence-electron chi connectivity index (χ4n) is 1.59. The Hall–Kier alpha value is -2.89. The normalized spacial score (nSPS) is 15.6. The summed E-state index contributed by atoms with van der Waals surface area (Å²) < 4.78 is 58.4. The lowest BCUT2D eigenvalue weighted by atomic mass is 10.0. The molecule has 6 heteroatoms. The molecule has 21 heavy (non-hydrogen) atoms. The summed E-state index contributed by atoms with van der Waals surface area (Å²) in [7, 11) is 1.09. The molecule has 2 aromatic rings. The van der Waals surface area contributed by atoms with Crippen LogP contribution in [0.3, 0.4) is 0 Å². The summed E-state index contributed by atoms with van der Waals surface area (Å²) >= 11 is 0. The van der Waals surface area contributed by atoms with Crippen molar-refractivity contribution in [1.82, 2.24) is 0 Å². The average Bonchev–Trinajstić information content (AvgIpc) is 2.59. The number of benzene rings is 2. The van der Waals surface area contributed by atoms with Crippen molar-refractivity contribution >= 4 is 11.5 Å². The number of aromatic hydroxyl groups is 1. The molecular formula is C15H13NO5. The molecule has 0 saturated carbocycles. The van der Waals surface area contributed by atoms with E-state index in [1.54, 1.807) is 0 Å². The number of phenols is 1. The Balaban J connectivity index is 2.79. The van der Waals surface area contributed by atoms with Crippen LogP contribution in [0.2, 0.25) is 0 Å². The maximum Gasteiger partial charge on any atom is 0.315 e. The van der Waals surface area contributed by atoms with E-state index in [-0.39, 0.29) is 0 Å². The van der Waals surface area contributed by atoms with E-state index in [0.29, 0.717) is 6.07 Å². The second kappa shape index (κ2) is 5.62. The molecule has 0 saturated heterocycles. The van der Waals surface area contributed by atoms with E-state index in [4.69, 9.17) is 14.3 Å². The molecule has 0 aliphatic heterocycles. The van der Waals surface area contributed by atoms with Gasteiger partial charge in [0.05, 0.1) is 17.5 Å². The van der Waals surface area contributed by atoms with Crippen LogP contribution in [0.25, 0.3) is 0 Å². The van der Waals surface area contributed by atoms with Crippen LogP contribution in [0, 0.1) is 17.0 Å². The van der Waals surface area contributed by atoms with E-state index >= 15 is 0 Å². The van der Waals surface area contributed by atoms with Gasteiger partial charge < -0.3 is 9.84 Å². The maximum absolute atomic E-state index is 12.8. The van der Waals surface area contributed by atoms with Crippen molar-refractivity contribution in [3.05, 3.63) is 63.1 Å². The molecule has 1 N–H and O–H groups in total. The Morgan fingerprint density at radius 3 is 2.52 bits per heavy atom. The van der Waals surface area contributed by atoms with Crippen molar-refractivity contribution in [2.75, 3.05) is 7.11 Å². The van der Waals surface area contributed by atoms with E-state index in [0.717, 1.165) is 13.2 Å². The third-order valence-electron chi connectivity index (χ3n) is 2.59. The lowest BCUT2D eigenvalue weighted by molar-refractivity contribution is -0.386. The van der Waals surface area contributed by atoms with E-state index in [1.807, 2.05) is 0 Å². The van der Waals surface area contributed by atoms with Crippen LogP contribution in [0.5, 0.6) is 11.5 Å². The fraction of sp³-hybridized carbons (Fsp3) is 0.133. The second-order valence-corrected chi connectivity index (χ2v) is 3.88. The summed E-state index contributed by atoms with van der Waals surface area (Å²) in [5.41, 5.74) is -2.90. The SMILES string of the molecule is [2H]c1c([2H])c(C([2H])([2H])[2H])c([2H])c([2H])c1C(=O)c1cc(OC)c(O)c([N+](=O)[O-])c1. The highest BCUT2D eigenvalue weighted by molar-refractivity contribution is 6.09. The summed E-state index contributed by atoms with van der Waals surface area (Å²) in [6, 6.07) is -1.98. The lowest BCUT2D eigenvalue weighted by Crippen LogP contribution is -2.03. The molecular weight excluding hydrogens is 274 g/mol. The van der Waals surface area contributed by atoms with E-state index < -0.39 is 75.6 Å². The van der Waals surface area contributed by atoms with Gasteiger partial charge in [0.25, 0.3) is 0 Å². The number of carbonyl (C=O) groups excluding carboxylic acids is 1. The van der Waals surface area contributed by atoms with Crippen molar-refractivity contribution in [2.24, 2.45) is 0 Å². The van der Waals surface area contributed by atoms with Crippen molar-refractivity contribution < 1.29 is 29.2 Å². The quantitative estimate of drug-likeness (QED) is 0.532. The highest BCUT2D eigenvalue weighted by atomic mass is 16.6. The van der Waals surface area contributed by atoms with E-state index in [9.17, 15) is 20.0 Å². The van der Waals surface area contributed by atoms with Crippen LogP contribution in [0.1, 0.15) is 31.1 Å². The number of ether oxygens (including phenoxy) is 1. The molecule has 0 atom stereocenters. The molecule has 6 nitrogen and oxygen atoms in total. The summed E-state index contributed by atoms with van der Waals surface area (Å²) in [4.78, 5) is 22.9.